The molecule has 98 valence electrons. The Kier molecular flexibility index (Phi) is 3.29. The SMILES string of the molecule is CCN(c1ccc(CNC2CC2)cc1C)C1CC1. The normalized spacial score (nSPS) is 19.0. The maximum Gasteiger partial charge on any atom is 0.0398 e. The molecule has 0 bridgehead atoms. The van der Waals surface area contributed by atoms with Crippen LogP contribution in [0.4, 0.5) is 5.69 Å². The van der Waals surface area contributed by atoms with Crippen LogP contribution in [0.15, 0.2) is 18.2 Å². The minimum Gasteiger partial charge on any atom is -0.369 e. The van der Waals surface area contributed by atoms with E-state index in [1.54, 1.807) is 0 Å². The molecule has 0 amide bonds. The fourth-order valence-electron chi connectivity index (χ4n) is 2.71. The summed E-state index contributed by atoms with van der Waals surface area (Å²) >= 11 is 0. The zero-order valence-corrected chi connectivity index (χ0v) is 11.6. The number of benzene rings is 1. The second kappa shape index (κ2) is 4.93. The molecule has 0 heterocycles. The molecule has 0 unspecified atom stereocenters. The lowest BCUT2D eigenvalue weighted by molar-refractivity contribution is 0.687. The van der Waals surface area contributed by atoms with Crippen molar-refractivity contribution < 1.29 is 0 Å². The number of rotatable bonds is 6. The number of anilines is 1. The fourth-order valence-corrected chi connectivity index (χ4v) is 2.71. The van der Waals surface area contributed by atoms with E-state index in [0.29, 0.717) is 0 Å². The maximum absolute atomic E-state index is 3.58. The van der Waals surface area contributed by atoms with Crippen LogP contribution in [-0.4, -0.2) is 18.6 Å². The number of hydrogen-bond donors (Lipinski definition) is 1. The van der Waals surface area contributed by atoms with Crippen molar-refractivity contribution in [3.63, 3.8) is 0 Å². The molecule has 3 rings (SSSR count). The van der Waals surface area contributed by atoms with Crippen molar-refractivity contribution in [2.24, 2.45) is 0 Å². The molecule has 2 heteroatoms. The van der Waals surface area contributed by atoms with Crippen LogP contribution in [0.5, 0.6) is 0 Å². The van der Waals surface area contributed by atoms with Crippen LogP contribution in [0.3, 0.4) is 0 Å². The van der Waals surface area contributed by atoms with E-state index in [9.17, 15) is 0 Å². The Bertz CT molecular complexity index is 419. The number of nitrogens with one attached hydrogen (secondary N) is 1. The average Bonchev–Trinajstić information content (AvgIpc) is 3.24. The van der Waals surface area contributed by atoms with Crippen LogP contribution in [-0.2, 0) is 6.54 Å². The second-order valence-electron chi connectivity index (χ2n) is 5.79. The molecule has 1 aromatic rings. The summed E-state index contributed by atoms with van der Waals surface area (Å²) in [6.45, 7) is 6.67. The molecule has 0 saturated heterocycles. The first-order valence-corrected chi connectivity index (χ1v) is 7.37. The third kappa shape index (κ3) is 2.69. The van der Waals surface area contributed by atoms with Crippen molar-refractivity contribution in [2.75, 3.05) is 11.4 Å². The highest BCUT2D eigenvalue weighted by Crippen LogP contribution is 2.33. The topological polar surface area (TPSA) is 15.3 Å². The lowest BCUT2D eigenvalue weighted by Crippen LogP contribution is -2.25. The van der Waals surface area contributed by atoms with Crippen molar-refractivity contribution >= 4 is 5.69 Å². The lowest BCUT2D eigenvalue weighted by Gasteiger charge is -2.25. The Morgan fingerprint density at radius 1 is 1.22 bits per heavy atom. The van der Waals surface area contributed by atoms with Crippen molar-refractivity contribution in [2.45, 2.75) is 58.2 Å². The van der Waals surface area contributed by atoms with Crippen LogP contribution in [0.1, 0.15) is 43.7 Å². The van der Waals surface area contributed by atoms with Gasteiger partial charge in [0.15, 0.2) is 0 Å². The van der Waals surface area contributed by atoms with Gasteiger partial charge < -0.3 is 10.2 Å². The van der Waals surface area contributed by atoms with E-state index in [-0.39, 0.29) is 0 Å². The highest BCUT2D eigenvalue weighted by molar-refractivity contribution is 5.56. The van der Waals surface area contributed by atoms with Gasteiger partial charge in [-0.1, -0.05) is 12.1 Å². The van der Waals surface area contributed by atoms with Gasteiger partial charge in [-0.05, 0) is 56.7 Å². The predicted octanol–water partition coefficient (Wildman–Crippen LogP) is 3.24. The molecule has 2 aliphatic rings. The van der Waals surface area contributed by atoms with E-state index in [4.69, 9.17) is 0 Å². The molecule has 2 aliphatic carbocycles. The Hall–Kier alpha value is -1.02. The summed E-state index contributed by atoms with van der Waals surface area (Å²) < 4.78 is 0. The van der Waals surface area contributed by atoms with E-state index >= 15 is 0 Å². The Labute approximate surface area is 110 Å². The summed E-state index contributed by atoms with van der Waals surface area (Å²) in [5, 5.41) is 3.58. The van der Waals surface area contributed by atoms with Crippen molar-refractivity contribution in [1.29, 1.82) is 0 Å². The molecular weight excluding hydrogens is 220 g/mol. The van der Waals surface area contributed by atoms with Gasteiger partial charge in [0.1, 0.15) is 0 Å². The Morgan fingerprint density at radius 3 is 2.56 bits per heavy atom. The molecule has 1 N–H and O–H groups in total. The molecule has 18 heavy (non-hydrogen) atoms. The quantitative estimate of drug-likeness (QED) is 0.826. The summed E-state index contributed by atoms with van der Waals surface area (Å²) in [7, 11) is 0. The number of nitrogens with zero attached hydrogens (tertiary/aromatic N) is 1. The summed E-state index contributed by atoms with van der Waals surface area (Å²) in [5.74, 6) is 0. The van der Waals surface area contributed by atoms with Gasteiger partial charge in [-0.15, -0.1) is 0 Å². The van der Waals surface area contributed by atoms with Gasteiger partial charge in [0.05, 0.1) is 0 Å². The lowest BCUT2D eigenvalue weighted by atomic mass is 10.1. The highest BCUT2D eigenvalue weighted by Gasteiger charge is 2.28. The zero-order chi connectivity index (χ0) is 12.5. The average molecular weight is 244 g/mol. The smallest absolute Gasteiger partial charge is 0.0398 e. The van der Waals surface area contributed by atoms with E-state index in [1.807, 2.05) is 0 Å². The van der Waals surface area contributed by atoms with Gasteiger partial charge >= 0.3 is 0 Å². The maximum atomic E-state index is 3.58. The summed E-state index contributed by atoms with van der Waals surface area (Å²) in [4.78, 5) is 2.56. The second-order valence-corrected chi connectivity index (χ2v) is 5.79. The molecular formula is C16H24N2. The zero-order valence-electron chi connectivity index (χ0n) is 11.6. The molecule has 2 fully saturated rings. The minimum absolute atomic E-state index is 0.795. The van der Waals surface area contributed by atoms with Crippen molar-refractivity contribution in [3.8, 4) is 0 Å². The first-order valence-electron chi connectivity index (χ1n) is 7.37. The third-order valence-corrected chi connectivity index (χ3v) is 4.07. The first kappa shape index (κ1) is 12.0. The standard InChI is InChI=1S/C16H24N2/c1-3-18(15-7-8-15)16-9-4-13(10-12(16)2)11-17-14-5-6-14/h4,9-10,14-15,17H,3,5-8,11H2,1-2H3. The van der Waals surface area contributed by atoms with E-state index < -0.39 is 0 Å². The molecule has 0 radical (unpaired) electrons. The minimum atomic E-state index is 0.795. The predicted molar refractivity (Wildman–Crippen MR) is 77.1 cm³/mol. The van der Waals surface area contributed by atoms with Crippen LogP contribution in [0.2, 0.25) is 0 Å². The van der Waals surface area contributed by atoms with Crippen molar-refractivity contribution in [3.05, 3.63) is 29.3 Å². The number of hydrogen-bond acceptors (Lipinski definition) is 2. The van der Waals surface area contributed by atoms with Gasteiger partial charge in [0, 0.05) is 30.9 Å². The molecule has 2 nitrogen and oxygen atoms in total. The largest absolute Gasteiger partial charge is 0.369 e. The Morgan fingerprint density at radius 2 is 2.00 bits per heavy atom. The monoisotopic (exact) mass is 244 g/mol. The van der Waals surface area contributed by atoms with Gasteiger partial charge in [0.25, 0.3) is 0 Å². The molecule has 0 spiro atoms. The van der Waals surface area contributed by atoms with Crippen molar-refractivity contribution in [1.82, 2.24) is 5.32 Å². The molecule has 2 saturated carbocycles. The number of aryl methyl sites for hydroxylation is 1. The van der Waals surface area contributed by atoms with E-state index in [2.05, 4.69) is 42.3 Å². The third-order valence-electron chi connectivity index (χ3n) is 4.07. The molecule has 0 aromatic heterocycles. The fraction of sp³-hybridized carbons (Fsp3) is 0.625. The van der Waals surface area contributed by atoms with Crippen LogP contribution in [0, 0.1) is 6.92 Å². The summed E-state index contributed by atoms with van der Waals surface area (Å²) in [6, 6.07) is 8.58. The van der Waals surface area contributed by atoms with E-state index in [1.165, 1.54) is 42.5 Å². The van der Waals surface area contributed by atoms with Crippen LogP contribution < -0.4 is 10.2 Å². The van der Waals surface area contributed by atoms with E-state index in [0.717, 1.165) is 25.2 Å². The van der Waals surface area contributed by atoms with Crippen LogP contribution in [0.25, 0.3) is 0 Å². The molecule has 1 aromatic carbocycles. The molecule has 0 aliphatic heterocycles. The van der Waals surface area contributed by atoms with Gasteiger partial charge in [-0.2, -0.15) is 0 Å². The summed E-state index contributed by atoms with van der Waals surface area (Å²) in [5.41, 5.74) is 4.30. The Balaban J connectivity index is 1.70. The first-order chi connectivity index (χ1) is 8.78. The molecule has 0 atom stereocenters. The van der Waals surface area contributed by atoms with Gasteiger partial charge in [0.2, 0.25) is 0 Å². The van der Waals surface area contributed by atoms with Crippen LogP contribution >= 0.6 is 0 Å². The summed E-state index contributed by atoms with van der Waals surface area (Å²) in [6.07, 6.45) is 5.47. The van der Waals surface area contributed by atoms with Gasteiger partial charge in [-0.25, -0.2) is 0 Å². The van der Waals surface area contributed by atoms with Gasteiger partial charge in [-0.3, -0.25) is 0 Å². The highest BCUT2D eigenvalue weighted by atomic mass is 15.2.